The summed E-state index contributed by atoms with van der Waals surface area (Å²) < 4.78 is 12.7. The van der Waals surface area contributed by atoms with Crippen molar-refractivity contribution in [2.75, 3.05) is 7.11 Å². The molecule has 0 saturated heterocycles. The van der Waals surface area contributed by atoms with Gasteiger partial charge in [-0.3, -0.25) is 4.68 Å². The van der Waals surface area contributed by atoms with Crippen LogP contribution in [0.3, 0.4) is 0 Å². The fourth-order valence-electron chi connectivity index (χ4n) is 1.71. The van der Waals surface area contributed by atoms with Crippen molar-refractivity contribution in [3.05, 3.63) is 41.7 Å². The van der Waals surface area contributed by atoms with Gasteiger partial charge >= 0.3 is 0 Å². The Kier molecular flexibility index (Phi) is 4.04. The zero-order chi connectivity index (χ0) is 13.7. The molecule has 0 fully saturated rings. The highest BCUT2D eigenvalue weighted by atomic mass is 16.5. The van der Waals surface area contributed by atoms with E-state index >= 15 is 0 Å². The Hall–Kier alpha value is -2.48. The Bertz CT molecular complexity index is 599. The van der Waals surface area contributed by atoms with Gasteiger partial charge in [-0.15, -0.1) is 0 Å². The number of aryl methyl sites for hydroxylation is 1. The predicted molar refractivity (Wildman–Crippen MR) is 69.9 cm³/mol. The molecule has 0 atom stereocenters. The molecule has 5 heteroatoms. The first-order valence-corrected chi connectivity index (χ1v) is 5.99. The van der Waals surface area contributed by atoms with Crippen LogP contribution in [0.5, 0.6) is 11.5 Å². The van der Waals surface area contributed by atoms with E-state index in [-0.39, 0.29) is 0 Å². The molecule has 0 amide bonds. The maximum absolute atomic E-state index is 8.90. The van der Waals surface area contributed by atoms with E-state index < -0.39 is 0 Å². The first kappa shape index (κ1) is 13.0. The van der Waals surface area contributed by atoms with Crippen LogP contribution in [0.15, 0.2) is 30.6 Å². The number of hydrogen-bond donors (Lipinski definition) is 0. The van der Waals surface area contributed by atoms with Gasteiger partial charge in [-0.2, -0.15) is 10.4 Å². The van der Waals surface area contributed by atoms with Crippen LogP contribution in [0.2, 0.25) is 0 Å². The van der Waals surface area contributed by atoms with E-state index in [1.54, 1.807) is 36.2 Å². The number of nitrogens with zero attached hydrogens (tertiary/aromatic N) is 3. The second-order valence-corrected chi connectivity index (χ2v) is 3.96. The SMILES string of the molecule is CCn1cc(OCc2cc(C#N)ccc2OC)cn1. The number of aromatic nitrogens is 2. The van der Waals surface area contributed by atoms with Crippen molar-refractivity contribution in [2.24, 2.45) is 0 Å². The lowest BCUT2D eigenvalue weighted by Crippen LogP contribution is -1.99. The predicted octanol–water partition coefficient (Wildman–Crippen LogP) is 2.36. The number of rotatable bonds is 5. The second-order valence-electron chi connectivity index (χ2n) is 3.96. The highest BCUT2D eigenvalue weighted by Crippen LogP contribution is 2.21. The summed E-state index contributed by atoms with van der Waals surface area (Å²) in [6.07, 6.45) is 3.50. The molecule has 19 heavy (non-hydrogen) atoms. The van der Waals surface area contributed by atoms with Crippen molar-refractivity contribution in [1.29, 1.82) is 5.26 Å². The van der Waals surface area contributed by atoms with Crippen molar-refractivity contribution in [3.8, 4) is 17.6 Å². The van der Waals surface area contributed by atoms with Crippen LogP contribution in [0.4, 0.5) is 0 Å². The molecule has 0 aliphatic carbocycles. The van der Waals surface area contributed by atoms with Crippen molar-refractivity contribution < 1.29 is 9.47 Å². The largest absolute Gasteiger partial charge is 0.496 e. The average Bonchev–Trinajstić information content (AvgIpc) is 2.92. The molecule has 0 aliphatic heterocycles. The van der Waals surface area contributed by atoms with Crippen molar-refractivity contribution in [2.45, 2.75) is 20.1 Å². The Morgan fingerprint density at radius 1 is 1.42 bits per heavy atom. The Morgan fingerprint density at radius 3 is 2.89 bits per heavy atom. The second kappa shape index (κ2) is 5.91. The van der Waals surface area contributed by atoms with Crippen LogP contribution in [-0.4, -0.2) is 16.9 Å². The summed E-state index contributed by atoms with van der Waals surface area (Å²) >= 11 is 0. The maximum atomic E-state index is 8.90. The fourth-order valence-corrected chi connectivity index (χ4v) is 1.71. The molecule has 1 aromatic heterocycles. The summed E-state index contributed by atoms with van der Waals surface area (Å²) in [5.74, 6) is 1.41. The normalized spacial score (nSPS) is 9.95. The van der Waals surface area contributed by atoms with Gasteiger partial charge in [0.25, 0.3) is 0 Å². The van der Waals surface area contributed by atoms with Crippen LogP contribution in [0, 0.1) is 11.3 Å². The molecule has 0 N–H and O–H groups in total. The van der Waals surface area contributed by atoms with E-state index in [1.807, 2.05) is 13.1 Å². The smallest absolute Gasteiger partial charge is 0.157 e. The number of benzene rings is 1. The molecule has 0 bridgehead atoms. The minimum absolute atomic E-state index is 0.341. The van der Waals surface area contributed by atoms with Gasteiger partial charge in [0.1, 0.15) is 12.4 Å². The van der Waals surface area contributed by atoms with Gasteiger partial charge in [0.2, 0.25) is 0 Å². The van der Waals surface area contributed by atoms with Gasteiger partial charge in [0.15, 0.2) is 5.75 Å². The Morgan fingerprint density at radius 2 is 2.26 bits per heavy atom. The molecule has 1 aromatic carbocycles. The van der Waals surface area contributed by atoms with E-state index in [0.29, 0.717) is 23.7 Å². The van der Waals surface area contributed by atoms with E-state index in [2.05, 4.69) is 11.2 Å². The van der Waals surface area contributed by atoms with Gasteiger partial charge in [-0.25, -0.2) is 0 Å². The summed E-state index contributed by atoms with van der Waals surface area (Å²) in [5, 5.41) is 13.0. The fraction of sp³-hybridized carbons (Fsp3) is 0.286. The molecule has 2 rings (SSSR count). The lowest BCUT2D eigenvalue weighted by Gasteiger charge is -2.09. The van der Waals surface area contributed by atoms with E-state index in [9.17, 15) is 0 Å². The number of hydrogen-bond acceptors (Lipinski definition) is 4. The summed E-state index contributed by atoms with van der Waals surface area (Å²) in [6.45, 7) is 3.15. The molecular weight excluding hydrogens is 242 g/mol. The molecule has 98 valence electrons. The summed E-state index contributed by atoms with van der Waals surface area (Å²) in [4.78, 5) is 0. The number of nitriles is 1. The highest BCUT2D eigenvalue weighted by Gasteiger charge is 2.06. The monoisotopic (exact) mass is 257 g/mol. The maximum Gasteiger partial charge on any atom is 0.157 e. The molecule has 0 spiro atoms. The highest BCUT2D eigenvalue weighted by molar-refractivity contribution is 5.41. The Balaban J connectivity index is 2.11. The van der Waals surface area contributed by atoms with Gasteiger partial charge < -0.3 is 9.47 Å². The molecule has 0 aliphatic rings. The van der Waals surface area contributed by atoms with Crippen molar-refractivity contribution in [1.82, 2.24) is 9.78 Å². The number of methoxy groups -OCH3 is 1. The first-order valence-electron chi connectivity index (χ1n) is 5.99. The molecule has 0 unspecified atom stereocenters. The number of ether oxygens (including phenoxy) is 2. The molecule has 1 heterocycles. The molecular formula is C14H15N3O2. The zero-order valence-electron chi connectivity index (χ0n) is 11.0. The lowest BCUT2D eigenvalue weighted by atomic mass is 10.1. The third-order valence-electron chi connectivity index (χ3n) is 2.74. The summed E-state index contributed by atoms with van der Waals surface area (Å²) in [5.41, 5.74) is 1.43. The summed E-state index contributed by atoms with van der Waals surface area (Å²) in [7, 11) is 1.60. The Labute approximate surface area is 112 Å². The van der Waals surface area contributed by atoms with Gasteiger partial charge in [-0.1, -0.05) is 0 Å². The third-order valence-corrected chi connectivity index (χ3v) is 2.74. The van der Waals surface area contributed by atoms with E-state index in [1.165, 1.54) is 0 Å². The zero-order valence-corrected chi connectivity index (χ0v) is 11.0. The van der Waals surface area contributed by atoms with Crippen LogP contribution in [-0.2, 0) is 13.2 Å². The van der Waals surface area contributed by atoms with Crippen LogP contribution in [0.25, 0.3) is 0 Å². The summed E-state index contributed by atoms with van der Waals surface area (Å²) in [6, 6.07) is 7.36. The average molecular weight is 257 g/mol. The minimum atomic E-state index is 0.341. The van der Waals surface area contributed by atoms with Crippen LogP contribution >= 0.6 is 0 Å². The van der Waals surface area contributed by atoms with Crippen LogP contribution in [0.1, 0.15) is 18.1 Å². The molecule has 2 aromatic rings. The van der Waals surface area contributed by atoms with E-state index in [4.69, 9.17) is 14.7 Å². The van der Waals surface area contributed by atoms with Gasteiger partial charge in [-0.05, 0) is 25.1 Å². The first-order chi connectivity index (χ1) is 9.26. The topological polar surface area (TPSA) is 60.1 Å². The lowest BCUT2D eigenvalue weighted by molar-refractivity contribution is 0.296. The molecule has 5 nitrogen and oxygen atoms in total. The van der Waals surface area contributed by atoms with Gasteiger partial charge in [0.05, 0.1) is 31.1 Å². The molecule has 0 saturated carbocycles. The van der Waals surface area contributed by atoms with Crippen molar-refractivity contribution >= 4 is 0 Å². The van der Waals surface area contributed by atoms with Crippen LogP contribution < -0.4 is 9.47 Å². The quantitative estimate of drug-likeness (QED) is 0.825. The van der Waals surface area contributed by atoms with Gasteiger partial charge in [0, 0.05) is 12.1 Å². The van der Waals surface area contributed by atoms with Crippen molar-refractivity contribution in [3.63, 3.8) is 0 Å². The third kappa shape index (κ3) is 3.05. The van der Waals surface area contributed by atoms with E-state index in [0.717, 1.165) is 12.1 Å². The standard InChI is InChI=1S/C14H15N3O2/c1-3-17-9-13(8-16-17)19-10-12-6-11(7-15)4-5-14(12)18-2/h4-6,8-9H,3,10H2,1-2H3. The minimum Gasteiger partial charge on any atom is -0.496 e. The molecule has 0 radical (unpaired) electrons.